The maximum Gasteiger partial charge on any atom is 0.262 e. The number of benzene rings is 1. The van der Waals surface area contributed by atoms with E-state index in [0.717, 1.165) is 18.5 Å². The normalized spacial score (nSPS) is 10.6. The van der Waals surface area contributed by atoms with Crippen LogP contribution in [0.2, 0.25) is 5.02 Å². The average molecular weight is 328 g/mol. The summed E-state index contributed by atoms with van der Waals surface area (Å²) in [6.45, 7) is 5.52. The van der Waals surface area contributed by atoms with Gasteiger partial charge in [0.25, 0.3) is 5.56 Å². The van der Waals surface area contributed by atoms with Gasteiger partial charge in [0.2, 0.25) is 0 Å². The van der Waals surface area contributed by atoms with Crippen molar-refractivity contribution in [1.29, 1.82) is 0 Å². The predicted molar refractivity (Wildman–Crippen MR) is 92.9 cm³/mol. The average Bonchev–Trinajstić information content (AvgIpc) is 2.45. The monoisotopic (exact) mass is 327 g/mol. The minimum atomic E-state index is -0.0833. The second kappa shape index (κ2) is 8.32. The molecule has 2 aromatic rings. The highest BCUT2D eigenvalue weighted by atomic mass is 35.5. The molecule has 6 heteroatoms. The van der Waals surface area contributed by atoms with Crippen molar-refractivity contribution < 1.29 is 0 Å². The van der Waals surface area contributed by atoms with Crippen molar-refractivity contribution in [3.63, 3.8) is 0 Å². The summed E-state index contributed by atoms with van der Waals surface area (Å²) in [6.07, 6.45) is 0.871. The van der Waals surface area contributed by atoms with Crippen LogP contribution in [0.3, 0.4) is 0 Å². The molecule has 0 aliphatic heterocycles. The SMILES string of the molecule is CC.CN(C)CCCn1c(=S)[nH]c2ccc(Cl)cc2c1=O. The number of halogens is 1. The number of aromatic amines is 1. The largest absolute Gasteiger partial charge is 0.332 e. The van der Waals surface area contributed by atoms with Crippen LogP contribution in [0.4, 0.5) is 0 Å². The summed E-state index contributed by atoms with van der Waals surface area (Å²) in [5, 5.41) is 1.13. The van der Waals surface area contributed by atoms with Gasteiger partial charge in [0.1, 0.15) is 0 Å². The lowest BCUT2D eigenvalue weighted by atomic mass is 10.2. The fourth-order valence-electron chi connectivity index (χ4n) is 1.97. The van der Waals surface area contributed by atoms with Gasteiger partial charge in [0.05, 0.1) is 10.9 Å². The molecular formula is C15H22ClN3OS. The summed E-state index contributed by atoms with van der Waals surface area (Å²) in [7, 11) is 4.01. The van der Waals surface area contributed by atoms with Gasteiger partial charge < -0.3 is 9.88 Å². The summed E-state index contributed by atoms with van der Waals surface area (Å²) >= 11 is 11.2. The number of hydrogen-bond donors (Lipinski definition) is 1. The second-order valence-electron chi connectivity index (χ2n) is 4.73. The number of aromatic nitrogens is 2. The Morgan fingerprint density at radius 2 is 2.00 bits per heavy atom. The van der Waals surface area contributed by atoms with E-state index < -0.39 is 0 Å². The smallest absolute Gasteiger partial charge is 0.262 e. The fraction of sp³-hybridized carbons (Fsp3) is 0.467. The maximum absolute atomic E-state index is 12.4. The van der Waals surface area contributed by atoms with Gasteiger partial charge in [-0.2, -0.15) is 0 Å². The summed E-state index contributed by atoms with van der Waals surface area (Å²) in [5.74, 6) is 0. The number of hydrogen-bond acceptors (Lipinski definition) is 3. The van der Waals surface area contributed by atoms with Gasteiger partial charge in [0.15, 0.2) is 4.77 Å². The molecule has 116 valence electrons. The third-order valence-electron chi connectivity index (χ3n) is 2.93. The quantitative estimate of drug-likeness (QED) is 0.871. The highest BCUT2D eigenvalue weighted by Crippen LogP contribution is 2.14. The van der Waals surface area contributed by atoms with Crippen LogP contribution in [0, 0.1) is 4.77 Å². The van der Waals surface area contributed by atoms with Gasteiger partial charge in [-0.3, -0.25) is 9.36 Å². The molecule has 0 unspecified atom stereocenters. The van der Waals surface area contributed by atoms with Crippen molar-refractivity contribution in [2.45, 2.75) is 26.8 Å². The van der Waals surface area contributed by atoms with Gasteiger partial charge in [-0.15, -0.1) is 0 Å². The topological polar surface area (TPSA) is 41.0 Å². The van der Waals surface area contributed by atoms with Crippen LogP contribution in [-0.2, 0) is 6.54 Å². The molecule has 0 aliphatic carbocycles. The maximum atomic E-state index is 12.4. The molecule has 0 spiro atoms. The van der Waals surface area contributed by atoms with Gasteiger partial charge in [-0.1, -0.05) is 25.4 Å². The Hall–Kier alpha value is -1.17. The van der Waals surface area contributed by atoms with Crippen LogP contribution >= 0.6 is 23.8 Å². The third kappa shape index (κ3) is 4.66. The number of nitrogens with zero attached hydrogens (tertiary/aromatic N) is 2. The molecule has 1 aromatic heterocycles. The molecule has 0 saturated heterocycles. The van der Waals surface area contributed by atoms with Gasteiger partial charge in [-0.25, -0.2) is 0 Å². The van der Waals surface area contributed by atoms with E-state index in [1.165, 1.54) is 0 Å². The molecule has 0 amide bonds. The minimum Gasteiger partial charge on any atom is -0.332 e. The Kier molecular flexibility index (Phi) is 7.08. The first-order valence-corrected chi connectivity index (χ1v) is 7.85. The molecule has 0 saturated carbocycles. The molecule has 2 rings (SSSR count). The molecule has 0 atom stereocenters. The van der Waals surface area contributed by atoms with E-state index in [1.807, 2.05) is 27.9 Å². The molecule has 4 nitrogen and oxygen atoms in total. The molecule has 1 heterocycles. The van der Waals surface area contributed by atoms with Crippen LogP contribution in [0.25, 0.3) is 10.9 Å². The standard InChI is InChI=1S/C13H16ClN3OS.C2H6/c1-16(2)6-3-7-17-12(18)10-8-9(14)4-5-11(10)15-13(17)19;1-2/h4-5,8H,3,6-7H2,1-2H3,(H,15,19);1-2H3. The van der Waals surface area contributed by atoms with Gasteiger partial charge in [-0.05, 0) is 57.5 Å². The Morgan fingerprint density at radius 3 is 2.62 bits per heavy atom. The third-order valence-corrected chi connectivity index (χ3v) is 3.49. The van der Waals surface area contributed by atoms with Crippen molar-refractivity contribution >= 4 is 34.7 Å². The summed E-state index contributed by atoms with van der Waals surface area (Å²) in [5.41, 5.74) is 0.642. The van der Waals surface area contributed by atoms with Crippen LogP contribution in [0.5, 0.6) is 0 Å². The Morgan fingerprint density at radius 1 is 1.33 bits per heavy atom. The fourth-order valence-corrected chi connectivity index (χ4v) is 2.43. The summed E-state index contributed by atoms with van der Waals surface area (Å²) < 4.78 is 2.05. The molecule has 1 N–H and O–H groups in total. The Labute approximate surface area is 135 Å². The van der Waals surface area contributed by atoms with Crippen molar-refractivity contribution in [2.75, 3.05) is 20.6 Å². The zero-order chi connectivity index (χ0) is 16.0. The lowest BCUT2D eigenvalue weighted by Gasteiger charge is -2.11. The van der Waals surface area contributed by atoms with Crippen molar-refractivity contribution in [2.24, 2.45) is 0 Å². The van der Waals surface area contributed by atoms with Crippen LogP contribution in [0.1, 0.15) is 20.3 Å². The Bertz CT molecular complexity index is 706. The van der Waals surface area contributed by atoms with E-state index in [9.17, 15) is 4.79 Å². The first kappa shape index (κ1) is 17.9. The van der Waals surface area contributed by atoms with E-state index >= 15 is 0 Å². The van der Waals surface area contributed by atoms with Crippen LogP contribution in [-0.4, -0.2) is 35.1 Å². The summed E-state index contributed by atoms with van der Waals surface area (Å²) in [4.78, 5) is 17.5. The van der Waals surface area contributed by atoms with Gasteiger partial charge in [0, 0.05) is 11.6 Å². The zero-order valence-electron chi connectivity index (χ0n) is 12.9. The van der Waals surface area contributed by atoms with E-state index in [-0.39, 0.29) is 5.56 Å². The van der Waals surface area contributed by atoms with E-state index in [1.54, 1.807) is 22.8 Å². The van der Waals surface area contributed by atoms with E-state index in [0.29, 0.717) is 21.7 Å². The molecule has 0 radical (unpaired) electrons. The lowest BCUT2D eigenvalue weighted by molar-refractivity contribution is 0.384. The van der Waals surface area contributed by atoms with Crippen LogP contribution in [0.15, 0.2) is 23.0 Å². The molecule has 0 bridgehead atoms. The lowest BCUT2D eigenvalue weighted by Crippen LogP contribution is -2.24. The van der Waals surface area contributed by atoms with Crippen molar-refractivity contribution in [3.8, 4) is 0 Å². The first-order chi connectivity index (χ1) is 9.99. The van der Waals surface area contributed by atoms with Crippen LogP contribution < -0.4 is 5.56 Å². The number of fused-ring (bicyclic) bond motifs is 1. The molecule has 21 heavy (non-hydrogen) atoms. The van der Waals surface area contributed by atoms with E-state index in [4.69, 9.17) is 23.8 Å². The van der Waals surface area contributed by atoms with Crippen molar-refractivity contribution in [1.82, 2.24) is 14.5 Å². The minimum absolute atomic E-state index is 0.0833. The van der Waals surface area contributed by atoms with Gasteiger partial charge >= 0.3 is 0 Å². The molecular weight excluding hydrogens is 306 g/mol. The van der Waals surface area contributed by atoms with Crippen molar-refractivity contribution in [3.05, 3.63) is 38.3 Å². The first-order valence-electron chi connectivity index (χ1n) is 7.06. The zero-order valence-corrected chi connectivity index (χ0v) is 14.5. The number of nitrogens with one attached hydrogen (secondary N) is 1. The highest BCUT2D eigenvalue weighted by Gasteiger charge is 2.06. The molecule has 1 aromatic carbocycles. The highest BCUT2D eigenvalue weighted by molar-refractivity contribution is 7.71. The molecule has 0 aliphatic rings. The number of rotatable bonds is 4. The van der Waals surface area contributed by atoms with E-state index in [2.05, 4.69) is 9.88 Å². The molecule has 0 fully saturated rings. The summed E-state index contributed by atoms with van der Waals surface area (Å²) in [6, 6.07) is 5.19. The second-order valence-corrected chi connectivity index (χ2v) is 5.56. The predicted octanol–water partition coefficient (Wildman–Crippen LogP) is 3.69. The Balaban J connectivity index is 0.00000106. The number of H-pyrrole nitrogens is 1.